The van der Waals surface area contributed by atoms with Crippen molar-refractivity contribution in [3.8, 4) is 0 Å². The van der Waals surface area contributed by atoms with Gasteiger partial charge in [0.25, 0.3) is 0 Å². The Morgan fingerprint density at radius 3 is 2.50 bits per heavy atom. The van der Waals surface area contributed by atoms with Crippen LogP contribution in [0.3, 0.4) is 0 Å². The molecular formula is C7H12N3O2+. The molecule has 0 fully saturated rings. The molecule has 0 aromatic heterocycles. The lowest BCUT2D eigenvalue weighted by Gasteiger charge is -2.19. The number of imide groups is 1. The topological polar surface area (TPSA) is 66.4 Å². The highest BCUT2D eigenvalue weighted by Crippen LogP contribution is 2.02. The first-order valence-corrected chi connectivity index (χ1v) is 3.61. The van der Waals surface area contributed by atoms with Crippen LogP contribution in [0.15, 0.2) is 0 Å². The number of carbonyl (C=O) groups is 2. The number of nitrogens with zero attached hydrogens (tertiary/aromatic N) is 2. The van der Waals surface area contributed by atoms with E-state index in [1.165, 1.54) is 11.6 Å². The molecule has 0 spiro atoms. The zero-order valence-corrected chi connectivity index (χ0v) is 7.37. The molecule has 1 rings (SSSR count). The van der Waals surface area contributed by atoms with E-state index in [1.807, 2.05) is 0 Å². The Hall–Kier alpha value is -1.23. The van der Waals surface area contributed by atoms with E-state index in [4.69, 9.17) is 5.73 Å². The molecule has 1 unspecified atom stereocenters. The minimum absolute atomic E-state index is 0.334. The van der Waals surface area contributed by atoms with Crippen molar-refractivity contribution >= 4 is 17.6 Å². The summed E-state index contributed by atoms with van der Waals surface area (Å²) in [7, 11) is 3.02. The van der Waals surface area contributed by atoms with E-state index in [2.05, 4.69) is 0 Å². The summed E-state index contributed by atoms with van der Waals surface area (Å²) in [4.78, 5) is 23.5. The second-order valence-corrected chi connectivity index (χ2v) is 2.86. The Balaban J connectivity index is 3.17. The molecule has 66 valence electrons. The summed E-state index contributed by atoms with van der Waals surface area (Å²) in [6.07, 6.45) is 0. The molecule has 1 aliphatic rings. The van der Waals surface area contributed by atoms with E-state index in [0.717, 1.165) is 4.90 Å². The fraction of sp³-hybridized carbons (Fsp3) is 0.571. The summed E-state index contributed by atoms with van der Waals surface area (Å²) < 4.78 is 1.38. The highest BCUT2D eigenvalue weighted by atomic mass is 16.2. The maximum absolute atomic E-state index is 11.2. The first-order valence-electron chi connectivity index (χ1n) is 3.61. The first kappa shape index (κ1) is 8.86. The van der Waals surface area contributed by atoms with E-state index in [1.54, 1.807) is 14.0 Å². The monoisotopic (exact) mass is 170 g/mol. The van der Waals surface area contributed by atoms with Crippen molar-refractivity contribution < 1.29 is 14.2 Å². The molecule has 5 nitrogen and oxygen atoms in total. The van der Waals surface area contributed by atoms with Gasteiger partial charge in [-0.25, -0.2) is 4.79 Å². The van der Waals surface area contributed by atoms with Crippen LogP contribution in [0, 0.1) is 0 Å². The smallest absolute Gasteiger partial charge is 0.311 e. The van der Waals surface area contributed by atoms with E-state index in [9.17, 15) is 9.59 Å². The molecule has 0 radical (unpaired) electrons. The lowest BCUT2D eigenvalue weighted by molar-refractivity contribution is -0.406. The largest absolute Gasteiger partial charge is 0.500 e. The van der Waals surface area contributed by atoms with Gasteiger partial charge in [0.05, 0.1) is 14.1 Å². The summed E-state index contributed by atoms with van der Waals surface area (Å²) in [6.45, 7) is 1.67. The molecule has 0 bridgehead atoms. The minimum Gasteiger partial charge on any atom is -0.311 e. The quantitative estimate of drug-likeness (QED) is 0.475. The zero-order chi connectivity index (χ0) is 9.46. The Kier molecular flexibility index (Phi) is 1.97. The van der Waals surface area contributed by atoms with Gasteiger partial charge in [0.15, 0.2) is 6.04 Å². The van der Waals surface area contributed by atoms with Gasteiger partial charge in [0, 0.05) is 0 Å². The lowest BCUT2D eigenvalue weighted by Crippen LogP contribution is -2.57. The van der Waals surface area contributed by atoms with Crippen molar-refractivity contribution in [1.82, 2.24) is 4.90 Å². The normalized spacial score (nSPS) is 25.3. The molecule has 0 saturated heterocycles. The van der Waals surface area contributed by atoms with Crippen LogP contribution in [0.4, 0.5) is 4.79 Å². The molecular weight excluding hydrogens is 158 g/mol. The molecule has 12 heavy (non-hydrogen) atoms. The summed E-state index contributed by atoms with van der Waals surface area (Å²) in [5.74, 6) is -0.351. The summed E-state index contributed by atoms with van der Waals surface area (Å²) in [5, 5.41) is 0. The molecule has 2 N–H and O–H groups in total. The van der Waals surface area contributed by atoms with Gasteiger partial charge in [0.2, 0.25) is 0 Å². The fourth-order valence-electron chi connectivity index (χ4n) is 1.07. The first-order chi connectivity index (χ1) is 5.46. The van der Waals surface area contributed by atoms with Crippen LogP contribution >= 0.6 is 0 Å². The van der Waals surface area contributed by atoms with Crippen molar-refractivity contribution in [2.45, 2.75) is 13.0 Å². The average molecular weight is 170 g/mol. The maximum Gasteiger partial charge on any atom is 0.500 e. The average Bonchev–Trinajstić information content (AvgIpc) is 2.08. The number of likely N-dealkylation sites (N-methyl/N-ethyl adjacent to an activating group) is 1. The van der Waals surface area contributed by atoms with Crippen molar-refractivity contribution in [3.63, 3.8) is 0 Å². The molecule has 0 saturated carbocycles. The third-order valence-corrected chi connectivity index (χ3v) is 2.15. The maximum atomic E-state index is 11.2. The van der Waals surface area contributed by atoms with Gasteiger partial charge >= 0.3 is 11.9 Å². The van der Waals surface area contributed by atoms with E-state index in [-0.39, 0.29) is 11.9 Å². The van der Waals surface area contributed by atoms with Crippen LogP contribution in [0.1, 0.15) is 6.92 Å². The number of nitrogens with two attached hydrogens (primary N) is 1. The molecule has 1 heterocycles. The number of amides is 3. The predicted octanol–water partition coefficient (Wildman–Crippen LogP) is -0.991. The molecule has 3 amide bonds. The lowest BCUT2D eigenvalue weighted by atomic mass is 10.1. The number of hydrogen-bond donors (Lipinski definition) is 1. The van der Waals surface area contributed by atoms with Gasteiger partial charge in [-0.05, 0) is 6.92 Å². The third-order valence-electron chi connectivity index (χ3n) is 2.15. The fourth-order valence-corrected chi connectivity index (χ4v) is 1.07. The second-order valence-electron chi connectivity index (χ2n) is 2.86. The number of carbonyl (C=O) groups excluding carboxylic acids is 2. The van der Waals surface area contributed by atoms with E-state index in [0.29, 0.717) is 5.71 Å². The van der Waals surface area contributed by atoms with Crippen LogP contribution in [0.25, 0.3) is 0 Å². The standard InChI is InChI=1S/C7H12N3O2/c1-4-5(8)6(11)10(3)7(12)9(4)2/h5H,8H2,1-3H3/q+1. The molecule has 1 atom stereocenters. The third kappa shape index (κ3) is 1.02. The zero-order valence-electron chi connectivity index (χ0n) is 7.37. The van der Waals surface area contributed by atoms with Crippen LogP contribution in [-0.4, -0.2) is 47.3 Å². The minimum atomic E-state index is -0.683. The Labute approximate surface area is 70.5 Å². The van der Waals surface area contributed by atoms with Gasteiger partial charge in [-0.3, -0.25) is 0 Å². The van der Waals surface area contributed by atoms with Crippen molar-refractivity contribution in [1.29, 1.82) is 0 Å². The van der Waals surface area contributed by atoms with Gasteiger partial charge in [0.1, 0.15) is 5.71 Å². The van der Waals surface area contributed by atoms with E-state index >= 15 is 0 Å². The van der Waals surface area contributed by atoms with E-state index < -0.39 is 6.04 Å². The number of hydrogen-bond acceptors (Lipinski definition) is 3. The predicted molar refractivity (Wildman–Crippen MR) is 43.0 cm³/mol. The van der Waals surface area contributed by atoms with Gasteiger partial charge in [-0.1, -0.05) is 0 Å². The van der Waals surface area contributed by atoms with Crippen LogP contribution < -0.4 is 5.73 Å². The van der Waals surface area contributed by atoms with Crippen molar-refractivity contribution in [3.05, 3.63) is 0 Å². The SMILES string of the molecule is CC1=[N+](C)C(=O)N(C)C(=O)C1N. The number of rotatable bonds is 0. The Bertz CT molecular complexity index is 282. The highest BCUT2D eigenvalue weighted by molar-refractivity contribution is 6.12. The van der Waals surface area contributed by atoms with Gasteiger partial charge < -0.3 is 5.73 Å². The summed E-state index contributed by atoms with van der Waals surface area (Å²) >= 11 is 0. The molecule has 1 aliphatic heterocycles. The van der Waals surface area contributed by atoms with Crippen LogP contribution in [0.2, 0.25) is 0 Å². The Morgan fingerprint density at radius 1 is 1.50 bits per heavy atom. The van der Waals surface area contributed by atoms with Crippen LogP contribution in [0.5, 0.6) is 0 Å². The van der Waals surface area contributed by atoms with Gasteiger partial charge in [-0.15, -0.1) is 0 Å². The Morgan fingerprint density at radius 2 is 2.00 bits per heavy atom. The van der Waals surface area contributed by atoms with Crippen LogP contribution in [-0.2, 0) is 4.79 Å². The highest BCUT2D eigenvalue weighted by Gasteiger charge is 2.40. The molecule has 0 aromatic carbocycles. The molecule has 0 aliphatic carbocycles. The number of urea groups is 1. The van der Waals surface area contributed by atoms with Crippen molar-refractivity contribution in [2.24, 2.45) is 5.73 Å². The molecule has 0 aromatic rings. The second kappa shape index (κ2) is 2.67. The van der Waals surface area contributed by atoms with Gasteiger partial charge in [-0.2, -0.15) is 14.3 Å². The molecule has 5 heteroatoms. The van der Waals surface area contributed by atoms with Crippen molar-refractivity contribution in [2.75, 3.05) is 14.1 Å². The summed E-state index contributed by atoms with van der Waals surface area (Å²) in [6, 6.07) is -1.02. The summed E-state index contributed by atoms with van der Waals surface area (Å²) in [5.41, 5.74) is 6.13.